The lowest BCUT2D eigenvalue weighted by Crippen LogP contribution is -2.12. The molecule has 9 nitrogen and oxygen atoms in total. The van der Waals surface area contributed by atoms with E-state index in [0.29, 0.717) is 17.2 Å². The molecule has 0 aromatic heterocycles. The van der Waals surface area contributed by atoms with Crippen molar-refractivity contribution in [3.8, 4) is 11.5 Å². The maximum atomic E-state index is 12.4. The van der Waals surface area contributed by atoms with Crippen molar-refractivity contribution in [3.63, 3.8) is 0 Å². The Morgan fingerprint density at radius 1 is 0.786 bits per heavy atom. The summed E-state index contributed by atoms with van der Waals surface area (Å²) in [4.78, 5) is 32.6. The van der Waals surface area contributed by atoms with Gasteiger partial charge in [0.2, 0.25) is 0 Å². The molecule has 140 valence electrons. The molecule has 0 spiro atoms. The lowest BCUT2D eigenvalue weighted by atomic mass is 10.1. The van der Waals surface area contributed by atoms with Crippen molar-refractivity contribution in [3.05, 3.63) is 98.6 Å². The van der Waals surface area contributed by atoms with Gasteiger partial charge in [-0.3, -0.25) is 25.0 Å². The molecule has 0 aliphatic heterocycles. The molecule has 0 radical (unpaired) electrons. The molecule has 0 bridgehead atoms. The van der Waals surface area contributed by atoms with Crippen LogP contribution < -0.4 is 10.1 Å². The van der Waals surface area contributed by atoms with Gasteiger partial charge < -0.3 is 10.1 Å². The molecule has 3 aromatic carbocycles. The standard InChI is InChI=1S/C19H13N3O6/c23-19(13-10-15(21(24)25)12-16(11-13)22(26)27)20-14-6-8-18(9-7-14)28-17-4-2-1-3-5-17/h1-12H,(H,20,23). The van der Waals surface area contributed by atoms with E-state index < -0.39 is 27.1 Å². The highest BCUT2D eigenvalue weighted by Gasteiger charge is 2.20. The van der Waals surface area contributed by atoms with E-state index in [-0.39, 0.29) is 5.56 Å². The number of non-ortho nitro benzene ring substituents is 2. The summed E-state index contributed by atoms with van der Waals surface area (Å²) < 4.78 is 5.64. The van der Waals surface area contributed by atoms with E-state index in [9.17, 15) is 25.0 Å². The van der Waals surface area contributed by atoms with Crippen LogP contribution in [0.2, 0.25) is 0 Å². The van der Waals surface area contributed by atoms with E-state index in [0.717, 1.165) is 18.2 Å². The van der Waals surface area contributed by atoms with Crippen molar-refractivity contribution in [2.24, 2.45) is 0 Å². The summed E-state index contributed by atoms with van der Waals surface area (Å²) in [6, 6.07) is 18.3. The molecule has 0 atom stereocenters. The lowest BCUT2D eigenvalue weighted by Gasteiger charge is -2.08. The first kappa shape index (κ1) is 18.5. The zero-order valence-electron chi connectivity index (χ0n) is 14.3. The number of nitrogens with one attached hydrogen (secondary N) is 1. The van der Waals surface area contributed by atoms with E-state index in [4.69, 9.17) is 4.74 Å². The van der Waals surface area contributed by atoms with Crippen LogP contribution in [-0.4, -0.2) is 15.8 Å². The zero-order chi connectivity index (χ0) is 20.1. The first-order valence-corrected chi connectivity index (χ1v) is 8.00. The number of ether oxygens (including phenoxy) is 1. The average Bonchev–Trinajstić information content (AvgIpc) is 2.69. The Labute approximate surface area is 158 Å². The molecule has 1 N–H and O–H groups in total. The Bertz CT molecular complexity index is 1000. The van der Waals surface area contributed by atoms with Crippen molar-refractivity contribution < 1.29 is 19.4 Å². The minimum atomic E-state index is -0.792. The van der Waals surface area contributed by atoms with E-state index in [2.05, 4.69) is 5.32 Å². The largest absolute Gasteiger partial charge is 0.457 e. The van der Waals surface area contributed by atoms with Gasteiger partial charge >= 0.3 is 0 Å². The Morgan fingerprint density at radius 2 is 1.32 bits per heavy atom. The lowest BCUT2D eigenvalue weighted by molar-refractivity contribution is -0.394. The molecular weight excluding hydrogens is 366 g/mol. The van der Waals surface area contributed by atoms with Crippen LogP contribution >= 0.6 is 0 Å². The molecule has 1 amide bonds. The highest BCUT2D eigenvalue weighted by Crippen LogP contribution is 2.25. The van der Waals surface area contributed by atoms with E-state index in [1.807, 2.05) is 18.2 Å². The molecule has 0 saturated heterocycles. The molecular formula is C19H13N3O6. The van der Waals surface area contributed by atoms with Crippen LogP contribution in [0.4, 0.5) is 17.1 Å². The number of nitro groups is 2. The van der Waals surface area contributed by atoms with Crippen molar-refractivity contribution in [2.45, 2.75) is 0 Å². The molecule has 0 unspecified atom stereocenters. The van der Waals surface area contributed by atoms with E-state index >= 15 is 0 Å². The smallest absolute Gasteiger partial charge is 0.277 e. The minimum Gasteiger partial charge on any atom is -0.457 e. The third-order valence-electron chi connectivity index (χ3n) is 3.68. The summed E-state index contributed by atoms with van der Waals surface area (Å²) in [7, 11) is 0. The molecule has 0 aliphatic carbocycles. The van der Waals surface area contributed by atoms with Crippen LogP contribution in [0.3, 0.4) is 0 Å². The molecule has 0 heterocycles. The summed E-state index contributed by atoms with van der Waals surface area (Å²) in [5, 5.41) is 24.4. The number of hydrogen-bond donors (Lipinski definition) is 1. The summed E-state index contributed by atoms with van der Waals surface area (Å²) in [6.07, 6.45) is 0. The third-order valence-corrected chi connectivity index (χ3v) is 3.68. The number of carbonyl (C=O) groups excluding carboxylic acids is 1. The molecule has 0 fully saturated rings. The summed E-state index contributed by atoms with van der Waals surface area (Å²) in [5.41, 5.74) is -0.859. The quantitative estimate of drug-likeness (QED) is 0.495. The average molecular weight is 379 g/mol. The number of nitro benzene ring substituents is 2. The van der Waals surface area contributed by atoms with Gasteiger partial charge in [-0.1, -0.05) is 18.2 Å². The molecule has 0 saturated carbocycles. The number of amides is 1. The highest BCUT2D eigenvalue weighted by molar-refractivity contribution is 6.05. The molecule has 0 aliphatic rings. The molecule has 3 aromatic rings. The van der Waals surface area contributed by atoms with Gasteiger partial charge in [0, 0.05) is 17.8 Å². The predicted octanol–water partition coefficient (Wildman–Crippen LogP) is 4.55. The topological polar surface area (TPSA) is 125 Å². The van der Waals surface area contributed by atoms with Crippen LogP contribution in [0.5, 0.6) is 11.5 Å². The first-order chi connectivity index (χ1) is 13.4. The summed E-state index contributed by atoms with van der Waals surface area (Å²) in [6.45, 7) is 0. The first-order valence-electron chi connectivity index (χ1n) is 8.00. The van der Waals surface area contributed by atoms with Crippen molar-refractivity contribution in [1.29, 1.82) is 0 Å². The zero-order valence-corrected chi connectivity index (χ0v) is 14.3. The second-order valence-corrected chi connectivity index (χ2v) is 5.65. The Balaban J connectivity index is 1.76. The normalized spacial score (nSPS) is 10.1. The van der Waals surface area contributed by atoms with Crippen LogP contribution in [0.15, 0.2) is 72.8 Å². The number of nitrogens with zero attached hydrogens (tertiary/aromatic N) is 2. The number of anilines is 1. The van der Waals surface area contributed by atoms with Crippen LogP contribution in [0.1, 0.15) is 10.4 Å². The van der Waals surface area contributed by atoms with Gasteiger partial charge in [-0.25, -0.2) is 0 Å². The van der Waals surface area contributed by atoms with Crippen LogP contribution in [0, 0.1) is 20.2 Å². The van der Waals surface area contributed by atoms with E-state index in [1.54, 1.807) is 36.4 Å². The minimum absolute atomic E-state index is 0.189. The van der Waals surface area contributed by atoms with Gasteiger partial charge in [-0.15, -0.1) is 0 Å². The molecule has 9 heteroatoms. The van der Waals surface area contributed by atoms with Gasteiger partial charge in [0.05, 0.1) is 21.5 Å². The van der Waals surface area contributed by atoms with Gasteiger partial charge in [0.15, 0.2) is 0 Å². The van der Waals surface area contributed by atoms with Gasteiger partial charge in [-0.05, 0) is 36.4 Å². The second-order valence-electron chi connectivity index (χ2n) is 5.65. The number of rotatable bonds is 6. The molecule has 3 rings (SSSR count). The highest BCUT2D eigenvalue weighted by atomic mass is 16.6. The number of carbonyl (C=O) groups is 1. The number of para-hydroxylation sites is 1. The second kappa shape index (κ2) is 7.96. The van der Waals surface area contributed by atoms with Gasteiger partial charge in [0.1, 0.15) is 11.5 Å². The predicted molar refractivity (Wildman–Crippen MR) is 101 cm³/mol. The van der Waals surface area contributed by atoms with Crippen molar-refractivity contribution >= 4 is 23.0 Å². The summed E-state index contributed by atoms with van der Waals surface area (Å²) >= 11 is 0. The van der Waals surface area contributed by atoms with Crippen LogP contribution in [0.25, 0.3) is 0 Å². The van der Waals surface area contributed by atoms with E-state index in [1.165, 1.54) is 0 Å². The van der Waals surface area contributed by atoms with Crippen molar-refractivity contribution in [1.82, 2.24) is 0 Å². The fourth-order valence-electron chi connectivity index (χ4n) is 2.37. The Kier molecular flexibility index (Phi) is 5.26. The van der Waals surface area contributed by atoms with Crippen molar-refractivity contribution in [2.75, 3.05) is 5.32 Å². The van der Waals surface area contributed by atoms with Gasteiger partial charge in [-0.2, -0.15) is 0 Å². The maximum Gasteiger partial charge on any atom is 0.277 e. The number of benzene rings is 3. The SMILES string of the molecule is O=C(Nc1ccc(Oc2ccccc2)cc1)c1cc([N+](=O)[O-])cc([N+](=O)[O-])c1. The fraction of sp³-hybridized carbons (Fsp3) is 0. The Morgan fingerprint density at radius 3 is 1.86 bits per heavy atom. The number of hydrogen-bond acceptors (Lipinski definition) is 6. The fourth-order valence-corrected chi connectivity index (χ4v) is 2.37. The van der Waals surface area contributed by atoms with Crippen LogP contribution in [-0.2, 0) is 0 Å². The monoisotopic (exact) mass is 379 g/mol. The Hall–Kier alpha value is -4.27. The van der Waals surface area contributed by atoms with Gasteiger partial charge in [0.25, 0.3) is 17.3 Å². The summed E-state index contributed by atoms with van der Waals surface area (Å²) in [5.74, 6) is 0.502. The molecule has 28 heavy (non-hydrogen) atoms. The third kappa shape index (κ3) is 4.47. The maximum absolute atomic E-state index is 12.4.